The summed E-state index contributed by atoms with van der Waals surface area (Å²) in [6.45, 7) is 1.01. The molecule has 0 amide bonds. The van der Waals surface area contributed by atoms with Crippen molar-refractivity contribution in [2.24, 2.45) is 0 Å². The number of nitrogens with zero attached hydrogens (tertiary/aromatic N) is 3. The van der Waals surface area contributed by atoms with Crippen molar-refractivity contribution in [1.29, 1.82) is 0 Å². The summed E-state index contributed by atoms with van der Waals surface area (Å²) in [5.41, 5.74) is 2.21. The summed E-state index contributed by atoms with van der Waals surface area (Å²) in [4.78, 5) is 0. The highest BCUT2D eigenvalue weighted by atomic mass is 35.5. The van der Waals surface area contributed by atoms with Gasteiger partial charge in [0.1, 0.15) is 5.69 Å². The number of alkyl halides is 1. The Bertz CT molecular complexity index is 243. The summed E-state index contributed by atoms with van der Waals surface area (Å²) >= 11 is 5.69. The molecule has 0 atom stereocenters. The summed E-state index contributed by atoms with van der Waals surface area (Å²) in [6, 6.07) is 0. The van der Waals surface area contributed by atoms with Crippen LogP contribution in [-0.2, 0) is 18.8 Å². The minimum atomic E-state index is 0.495. The molecule has 2 heterocycles. The highest BCUT2D eigenvalue weighted by Gasteiger charge is 2.14. The Balaban J connectivity index is 2.38. The first kappa shape index (κ1) is 7.10. The molecule has 0 fully saturated rings. The van der Waals surface area contributed by atoms with Gasteiger partial charge in [-0.3, -0.25) is 0 Å². The second kappa shape index (κ2) is 2.81. The molecule has 0 unspecified atom stereocenters. The molecule has 1 aliphatic heterocycles. The molecule has 0 spiro atoms. The monoisotopic (exact) mass is 171 g/mol. The second-order valence-electron chi connectivity index (χ2n) is 2.80. The van der Waals surface area contributed by atoms with Crippen LogP contribution in [0.3, 0.4) is 0 Å². The van der Waals surface area contributed by atoms with Crippen LogP contribution in [0, 0.1) is 0 Å². The van der Waals surface area contributed by atoms with Crippen LogP contribution in [-0.4, -0.2) is 15.0 Å². The molecule has 1 aliphatic rings. The average molecular weight is 172 g/mol. The Morgan fingerprint density at radius 2 is 2.36 bits per heavy atom. The zero-order valence-corrected chi connectivity index (χ0v) is 7.01. The summed E-state index contributed by atoms with van der Waals surface area (Å²) in [6.07, 6.45) is 3.56. The van der Waals surface area contributed by atoms with Crippen LogP contribution in [0.5, 0.6) is 0 Å². The van der Waals surface area contributed by atoms with Gasteiger partial charge in [-0.05, 0) is 19.3 Å². The van der Waals surface area contributed by atoms with E-state index in [1.165, 1.54) is 18.5 Å². The number of rotatable bonds is 1. The van der Waals surface area contributed by atoms with E-state index in [2.05, 4.69) is 10.3 Å². The standard InChI is InChI=1S/C7H10ClN3/c8-5-6-7-3-1-2-4-11(7)10-9-6/h1-5H2. The van der Waals surface area contributed by atoms with E-state index in [0.29, 0.717) is 5.88 Å². The first-order chi connectivity index (χ1) is 5.42. The fourth-order valence-electron chi connectivity index (χ4n) is 1.48. The molecular weight excluding hydrogens is 162 g/mol. The van der Waals surface area contributed by atoms with Crippen LogP contribution < -0.4 is 0 Å². The van der Waals surface area contributed by atoms with E-state index >= 15 is 0 Å². The van der Waals surface area contributed by atoms with Gasteiger partial charge in [-0.2, -0.15) is 0 Å². The average Bonchev–Trinajstić information content (AvgIpc) is 2.47. The van der Waals surface area contributed by atoms with E-state index in [0.717, 1.165) is 18.7 Å². The minimum absolute atomic E-state index is 0.495. The zero-order chi connectivity index (χ0) is 7.68. The van der Waals surface area contributed by atoms with E-state index in [4.69, 9.17) is 11.6 Å². The van der Waals surface area contributed by atoms with Gasteiger partial charge < -0.3 is 0 Å². The van der Waals surface area contributed by atoms with Crippen molar-refractivity contribution >= 4 is 11.6 Å². The van der Waals surface area contributed by atoms with Gasteiger partial charge >= 0.3 is 0 Å². The minimum Gasteiger partial charge on any atom is -0.249 e. The number of aromatic nitrogens is 3. The van der Waals surface area contributed by atoms with Gasteiger partial charge in [0.25, 0.3) is 0 Å². The Kier molecular flexibility index (Phi) is 1.82. The van der Waals surface area contributed by atoms with Crippen molar-refractivity contribution in [3.05, 3.63) is 11.4 Å². The van der Waals surface area contributed by atoms with Crippen molar-refractivity contribution in [3.8, 4) is 0 Å². The topological polar surface area (TPSA) is 30.7 Å². The highest BCUT2D eigenvalue weighted by Crippen LogP contribution is 2.16. The summed E-state index contributed by atoms with van der Waals surface area (Å²) in [5, 5.41) is 8.01. The lowest BCUT2D eigenvalue weighted by atomic mass is 10.1. The molecule has 1 aromatic rings. The number of fused-ring (bicyclic) bond motifs is 1. The first-order valence-corrected chi connectivity index (χ1v) is 4.42. The lowest BCUT2D eigenvalue weighted by Gasteiger charge is -2.11. The zero-order valence-electron chi connectivity index (χ0n) is 6.26. The van der Waals surface area contributed by atoms with Crippen molar-refractivity contribution in [2.75, 3.05) is 0 Å². The normalized spacial score (nSPS) is 16.5. The molecule has 1 aromatic heterocycles. The molecule has 0 saturated carbocycles. The van der Waals surface area contributed by atoms with E-state index in [9.17, 15) is 0 Å². The van der Waals surface area contributed by atoms with Crippen LogP contribution in [0.15, 0.2) is 0 Å². The Morgan fingerprint density at radius 1 is 1.45 bits per heavy atom. The maximum absolute atomic E-state index is 5.69. The van der Waals surface area contributed by atoms with Gasteiger partial charge in [0.15, 0.2) is 0 Å². The van der Waals surface area contributed by atoms with Gasteiger partial charge in [0.2, 0.25) is 0 Å². The predicted molar refractivity (Wildman–Crippen MR) is 42.5 cm³/mol. The number of aryl methyl sites for hydroxylation is 1. The molecule has 0 saturated heterocycles. The molecule has 0 radical (unpaired) electrons. The SMILES string of the molecule is ClCc1nnn2c1CCCC2. The number of hydrogen-bond acceptors (Lipinski definition) is 2. The van der Waals surface area contributed by atoms with Crippen molar-refractivity contribution in [3.63, 3.8) is 0 Å². The smallest absolute Gasteiger partial charge is 0.101 e. The van der Waals surface area contributed by atoms with Crippen LogP contribution in [0.25, 0.3) is 0 Å². The van der Waals surface area contributed by atoms with E-state index in [-0.39, 0.29) is 0 Å². The van der Waals surface area contributed by atoms with E-state index < -0.39 is 0 Å². The third-order valence-electron chi connectivity index (χ3n) is 2.08. The molecule has 11 heavy (non-hydrogen) atoms. The molecule has 0 bridgehead atoms. The van der Waals surface area contributed by atoms with Gasteiger partial charge in [-0.1, -0.05) is 5.21 Å². The fraction of sp³-hybridized carbons (Fsp3) is 0.714. The summed E-state index contributed by atoms with van der Waals surface area (Å²) in [5.74, 6) is 0.495. The molecule has 2 rings (SSSR count). The largest absolute Gasteiger partial charge is 0.249 e. The quantitative estimate of drug-likeness (QED) is 0.598. The molecule has 4 heteroatoms. The number of halogens is 1. The molecule has 0 N–H and O–H groups in total. The first-order valence-electron chi connectivity index (χ1n) is 3.89. The highest BCUT2D eigenvalue weighted by molar-refractivity contribution is 6.16. The molecule has 3 nitrogen and oxygen atoms in total. The predicted octanol–water partition coefficient (Wildman–Crippen LogP) is 1.35. The van der Waals surface area contributed by atoms with E-state index in [1.807, 2.05) is 4.68 Å². The van der Waals surface area contributed by atoms with Gasteiger partial charge in [-0.15, -0.1) is 16.7 Å². The Labute approximate surface area is 70.3 Å². The molecule has 0 aromatic carbocycles. The van der Waals surface area contributed by atoms with Crippen molar-refractivity contribution in [2.45, 2.75) is 31.7 Å². The summed E-state index contributed by atoms with van der Waals surface area (Å²) < 4.78 is 1.97. The molecule has 0 aliphatic carbocycles. The van der Waals surface area contributed by atoms with E-state index in [1.54, 1.807) is 0 Å². The lowest BCUT2D eigenvalue weighted by Crippen LogP contribution is -2.11. The molecule has 60 valence electrons. The van der Waals surface area contributed by atoms with Gasteiger partial charge in [-0.25, -0.2) is 4.68 Å². The second-order valence-corrected chi connectivity index (χ2v) is 3.06. The van der Waals surface area contributed by atoms with Crippen LogP contribution in [0.2, 0.25) is 0 Å². The lowest BCUT2D eigenvalue weighted by molar-refractivity contribution is 0.476. The van der Waals surface area contributed by atoms with Crippen molar-refractivity contribution in [1.82, 2.24) is 15.0 Å². The molecular formula is C7H10ClN3. The maximum Gasteiger partial charge on any atom is 0.101 e. The Morgan fingerprint density at radius 3 is 3.18 bits per heavy atom. The Hall–Kier alpha value is -0.570. The third-order valence-corrected chi connectivity index (χ3v) is 2.33. The van der Waals surface area contributed by atoms with Crippen LogP contribution >= 0.6 is 11.6 Å². The van der Waals surface area contributed by atoms with Gasteiger partial charge in [0.05, 0.1) is 11.6 Å². The maximum atomic E-state index is 5.69. The fourth-order valence-corrected chi connectivity index (χ4v) is 1.69. The van der Waals surface area contributed by atoms with Crippen molar-refractivity contribution < 1.29 is 0 Å². The summed E-state index contributed by atoms with van der Waals surface area (Å²) in [7, 11) is 0. The number of hydrogen-bond donors (Lipinski definition) is 0. The third kappa shape index (κ3) is 1.13. The van der Waals surface area contributed by atoms with Crippen LogP contribution in [0.1, 0.15) is 24.2 Å². The van der Waals surface area contributed by atoms with Crippen LogP contribution in [0.4, 0.5) is 0 Å². The van der Waals surface area contributed by atoms with Gasteiger partial charge in [0, 0.05) is 6.54 Å².